The van der Waals surface area contributed by atoms with Crippen LogP contribution in [0.3, 0.4) is 0 Å². The van der Waals surface area contributed by atoms with E-state index in [1.807, 2.05) is 16.9 Å². The Morgan fingerprint density at radius 2 is 2.50 bits per heavy atom. The first-order valence-electron chi connectivity index (χ1n) is 3.45. The summed E-state index contributed by atoms with van der Waals surface area (Å²) < 4.78 is 2.02. The van der Waals surface area contributed by atoms with Gasteiger partial charge in [0.1, 0.15) is 0 Å². The molecular weight excluding hydrogens is 192 g/mol. The summed E-state index contributed by atoms with van der Waals surface area (Å²) in [6.07, 6.45) is 2.98. The van der Waals surface area contributed by atoms with Crippen molar-refractivity contribution in [2.75, 3.05) is 0 Å². The van der Waals surface area contributed by atoms with Crippen molar-refractivity contribution < 1.29 is 0 Å². The molecule has 1 aromatic rings. The van der Waals surface area contributed by atoms with Gasteiger partial charge in [-0.05, 0) is 12.5 Å². The van der Waals surface area contributed by atoms with Gasteiger partial charge < -0.3 is 0 Å². The lowest BCUT2D eigenvalue weighted by molar-refractivity contribution is 0.586. The quantitative estimate of drug-likeness (QED) is 0.688. The third-order valence-corrected chi connectivity index (χ3v) is 1.95. The van der Waals surface area contributed by atoms with E-state index in [0.29, 0.717) is 0 Å². The number of aryl methyl sites for hydroxylation is 1. The average Bonchev–Trinajstić information content (AvgIpc) is 2.36. The number of alkyl halides is 1. The summed E-state index contributed by atoms with van der Waals surface area (Å²) in [4.78, 5) is 0. The van der Waals surface area contributed by atoms with Gasteiger partial charge in [0.15, 0.2) is 0 Å². The van der Waals surface area contributed by atoms with E-state index < -0.39 is 0 Å². The van der Waals surface area contributed by atoms with Gasteiger partial charge in [-0.25, -0.2) is 0 Å². The van der Waals surface area contributed by atoms with Crippen LogP contribution in [0.1, 0.15) is 19.0 Å². The first-order valence-corrected chi connectivity index (χ1v) is 4.57. The molecule has 0 N–H and O–H groups in total. The molecule has 3 heteroatoms. The van der Waals surface area contributed by atoms with Crippen LogP contribution in [0, 0.1) is 0 Å². The van der Waals surface area contributed by atoms with Crippen LogP contribution in [0.15, 0.2) is 12.3 Å². The van der Waals surface area contributed by atoms with Crippen LogP contribution in [0.4, 0.5) is 0 Å². The van der Waals surface area contributed by atoms with Gasteiger partial charge in [0.05, 0.1) is 0 Å². The Hall–Kier alpha value is -0.310. The molecule has 0 spiro atoms. The zero-order valence-electron chi connectivity index (χ0n) is 6.05. The Labute approximate surface area is 69.4 Å². The van der Waals surface area contributed by atoms with Gasteiger partial charge in [-0.15, -0.1) is 0 Å². The first-order chi connectivity index (χ1) is 4.88. The normalized spacial score (nSPS) is 10.2. The molecule has 56 valence electrons. The predicted octanol–water partition coefficient (Wildman–Crippen LogP) is 2.19. The highest BCUT2D eigenvalue weighted by molar-refractivity contribution is 9.08. The monoisotopic (exact) mass is 202 g/mol. The van der Waals surface area contributed by atoms with Gasteiger partial charge in [-0.2, -0.15) is 5.10 Å². The number of rotatable bonds is 3. The highest BCUT2D eigenvalue weighted by atomic mass is 79.9. The molecule has 0 aliphatic carbocycles. The van der Waals surface area contributed by atoms with E-state index in [-0.39, 0.29) is 0 Å². The smallest absolute Gasteiger partial charge is 0.0492 e. The topological polar surface area (TPSA) is 17.8 Å². The Morgan fingerprint density at radius 3 is 3.10 bits per heavy atom. The summed E-state index contributed by atoms with van der Waals surface area (Å²) in [5.74, 6) is 0. The fourth-order valence-corrected chi connectivity index (χ4v) is 1.36. The molecule has 0 saturated carbocycles. The van der Waals surface area contributed by atoms with Crippen LogP contribution in [0.25, 0.3) is 0 Å². The van der Waals surface area contributed by atoms with E-state index in [2.05, 4.69) is 28.0 Å². The maximum Gasteiger partial charge on any atom is 0.0492 e. The van der Waals surface area contributed by atoms with Gasteiger partial charge in [-0.1, -0.05) is 22.9 Å². The van der Waals surface area contributed by atoms with E-state index in [4.69, 9.17) is 0 Å². The summed E-state index contributed by atoms with van der Waals surface area (Å²) in [5.41, 5.74) is 1.25. The molecule has 0 unspecified atom stereocenters. The van der Waals surface area contributed by atoms with Gasteiger partial charge >= 0.3 is 0 Å². The van der Waals surface area contributed by atoms with E-state index in [9.17, 15) is 0 Å². The zero-order valence-corrected chi connectivity index (χ0v) is 7.63. The second-order valence-electron chi connectivity index (χ2n) is 2.18. The minimum atomic E-state index is 0.896. The van der Waals surface area contributed by atoms with Crippen LogP contribution in [0.2, 0.25) is 0 Å². The van der Waals surface area contributed by atoms with E-state index in [1.165, 1.54) is 5.69 Å². The fourth-order valence-electron chi connectivity index (χ4n) is 0.887. The summed E-state index contributed by atoms with van der Waals surface area (Å²) in [6, 6.07) is 2.03. The molecule has 2 nitrogen and oxygen atoms in total. The predicted molar refractivity (Wildman–Crippen MR) is 45.1 cm³/mol. The van der Waals surface area contributed by atoms with Gasteiger partial charge in [0.2, 0.25) is 0 Å². The lowest BCUT2D eigenvalue weighted by atomic mass is 10.4. The molecule has 0 atom stereocenters. The molecule has 0 radical (unpaired) electrons. The van der Waals surface area contributed by atoms with Crippen molar-refractivity contribution >= 4 is 15.9 Å². The van der Waals surface area contributed by atoms with E-state index in [0.717, 1.165) is 18.3 Å². The molecule has 0 amide bonds. The van der Waals surface area contributed by atoms with Crippen molar-refractivity contribution in [1.82, 2.24) is 9.78 Å². The molecule has 0 aromatic carbocycles. The summed E-state index contributed by atoms with van der Waals surface area (Å²) in [7, 11) is 0. The van der Waals surface area contributed by atoms with Crippen LogP contribution in [-0.2, 0) is 11.9 Å². The number of nitrogens with zero attached hydrogens (tertiary/aromatic N) is 2. The Bertz CT molecular complexity index is 195. The van der Waals surface area contributed by atoms with Crippen LogP contribution < -0.4 is 0 Å². The van der Waals surface area contributed by atoms with E-state index >= 15 is 0 Å². The van der Waals surface area contributed by atoms with Crippen molar-refractivity contribution in [3.63, 3.8) is 0 Å². The SMILES string of the molecule is CCCn1nccc1CBr. The minimum Gasteiger partial charge on any atom is -0.269 e. The minimum absolute atomic E-state index is 0.896. The van der Waals surface area contributed by atoms with Gasteiger partial charge in [0.25, 0.3) is 0 Å². The van der Waals surface area contributed by atoms with Crippen LogP contribution in [-0.4, -0.2) is 9.78 Å². The van der Waals surface area contributed by atoms with E-state index in [1.54, 1.807) is 0 Å². The van der Waals surface area contributed by atoms with Crippen LogP contribution >= 0.6 is 15.9 Å². The Kier molecular flexibility index (Phi) is 2.93. The summed E-state index contributed by atoms with van der Waals surface area (Å²) >= 11 is 3.40. The van der Waals surface area contributed by atoms with Crippen LogP contribution in [0.5, 0.6) is 0 Å². The average molecular weight is 203 g/mol. The maximum atomic E-state index is 4.16. The number of halogens is 1. The van der Waals surface area contributed by atoms with Crippen molar-refractivity contribution in [2.24, 2.45) is 0 Å². The number of hydrogen-bond donors (Lipinski definition) is 0. The Morgan fingerprint density at radius 1 is 1.70 bits per heavy atom. The molecule has 1 rings (SSSR count). The lowest BCUT2D eigenvalue weighted by Gasteiger charge is -2.00. The molecule has 0 bridgehead atoms. The molecule has 0 fully saturated rings. The first kappa shape index (κ1) is 7.79. The standard InChI is InChI=1S/C7H11BrN2/c1-2-5-10-7(6-8)3-4-9-10/h3-4H,2,5-6H2,1H3. The van der Waals surface area contributed by atoms with Crippen molar-refractivity contribution in [2.45, 2.75) is 25.2 Å². The van der Waals surface area contributed by atoms with Gasteiger partial charge in [0, 0.05) is 23.8 Å². The molecule has 1 aromatic heterocycles. The zero-order chi connectivity index (χ0) is 7.40. The lowest BCUT2D eigenvalue weighted by Crippen LogP contribution is -2.01. The highest BCUT2D eigenvalue weighted by Gasteiger charge is 1.96. The van der Waals surface area contributed by atoms with Crippen molar-refractivity contribution in [3.05, 3.63) is 18.0 Å². The number of aromatic nitrogens is 2. The highest BCUT2D eigenvalue weighted by Crippen LogP contribution is 2.04. The molecule has 0 aliphatic rings. The molecule has 0 aliphatic heterocycles. The molecule has 0 saturated heterocycles. The summed E-state index contributed by atoms with van der Waals surface area (Å²) in [6.45, 7) is 3.17. The summed E-state index contributed by atoms with van der Waals surface area (Å²) in [5, 5.41) is 5.06. The third-order valence-electron chi connectivity index (χ3n) is 1.38. The number of hydrogen-bond acceptors (Lipinski definition) is 1. The van der Waals surface area contributed by atoms with Crippen molar-refractivity contribution in [3.8, 4) is 0 Å². The molecule has 1 heterocycles. The second-order valence-corrected chi connectivity index (χ2v) is 2.74. The third kappa shape index (κ3) is 1.59. The largest absolute Gasteiger partial charge is 0.269 e. The Balaban J connectivity index is 2.70. The maximum absolute atomic E-state index is 4.16. The van der Waals surface area contributed by atoms with Gasteiger partial charge in [-0.3, -0.25) is 4.68 Å². The molecular formula is C7H11BrN2. The second kappa shape index (κ2) is 3.76. The fraction of sp³-hybridized carbons (Fsp3) is 0.571. The van der Waals surface area contributed by atoms with Crippen molar-refractivity contribution in [1.29, 1.82) is 0 Å². The molecule has 10 heavy (non-hydrogen) atoms.